The van der Waals surface area contributed by atoms with E-state index in [4.69, 9.17) is 46.9 Å². The number of aliphatic hydroxyl groups excluding tert-OH is 2. The van der Waals surface area contributed by atoms with Gasteiger partial charge in [0.1, 0.15) is 23.9 Å². The lowest BCUT2D eigenvalue weighted by molar-refractivity contribution is -0.346. The number of esters is 4. The van der Waals surface area contributed by atoms with E-state index in [9.17, 15) is 39.3 Å². The molecule has 1 heterocycles. The van der Waals surface area contributed by atoms with Crippen LogP contribution in [0.2, 0.25) is 10.0 Å². The molecule has 1 saturated heterocycles. The molecular formula is C47H49Cl2NO14. The number of Topliss-reactive ketones (excluding diaryl/α,β-unsaturated/α-hetero) is 1. The number of carbonyl (C=O) groups excluding carboxylic acids is 6. The van der Waals surface area contributed by atoms with Crippen molar-refractivity contribution in [2.45, 2.75) is 108 Å². The fourth-order valence-corrected chi connectivity index (χ4v) is 10.8. The zero-order chi connectivity index (χ0) is 46.7. The molecule has 0 spiro atoms. The average Bonchev–Trinajstić information content (AvgIpc) is 3.23. The molecule has 4 aliphatic rings. The molecule has 1 amide bonds. The summed E-state index contributed by atoms with van der Waals surface area (Å²) in [4.78, 5) is 83.8. The maximum absolute atomic E-state index is 15.5. The van der Waals surface area contributed by atoms with Gasteiger partial charge in [-0.15, -0.1) is 0 Å². The molecule has 17 heteroatoms. The van der Waals surface area contributed by atoms with Gasteiger partial charge in [-0.3, -0.25) is 19.2 Å². The Balaban J connectivity index is 1.40. The first-order chi connectivity index (χ1) is 30.1. The second kappa shape index (κ2) is 17.3. The van der Waals surface area contributed by atoms with Crippen molar-refractivity contribution >= 4 is 58.8 Å². The topological polar surface area (TPSA) is 221 Å². The lowest BCUT2D eigenvalue weighted by Crippen LogP contribution is -2.82. The number of ether oxygens (including phenoxy) is 5. The highest BCUT2D eigenvalue weighted by Crippen LogP contribution is 2.64. The van der Waals surface area contributed by atoms with Crippen molar-refractivity contribution in [1.82, 2.24) is 5.32 Å². The van der Waals surface area contributed by atoms with E-state index in [0.717, 1.165) is 13.8 Å². The maximum atomic E-state index is 15.5. The smallest absolute Gasteiger partial charge is 0.338 e. The molecule has 3 aromatic rings. The highest BCUT2D eigenvalue weighted by atomic mass is 35.5. The Kier molecular flexibility index (Phi) is 12.7. The van der Waals surface area contributed by atoms with Crippen molar-refractivity contribution in [3.63, 3.8) is 0 Å². The van der Waals surface area contributed by atoms with Gasteiger partial charge in [0.15, 0.2) is 23.6 Å². The Morgan fingerprint density at radius 1 is 0.859 bits per heavy atom. The predicted molar refractivity (Wildman–Crippen MR) is 228 cm³/mol. The molecule has 4 N–H and O–H groups in total. The molecule has 7 rings (SSSR count). The number of halogens is 2. The summed E-state index contributed by atoms with van der Waals surface area (Å²) in [5.74, 6) is -7.21. The zero-order valence-electron chi connectivity index (χ0n) is 35.8. The molecule has 0 aromatic heterocycles. The molecule has 1 aliphatic heterocycles. The largest absolute Gasteiger partial charge is 0.456 e. The van der Waals surface area contributed by atoms with Gasteiger partial charge in [-0.1, -0.05) is 85.6 Å². The number of carbonyl (C=O) groups is 6. The van der Waals surface area contributed by atoms with Gasteiger partial charge >= 0.3 is 23.9 Å². The van der Waals surface area contributed by atoms with Crippen LogP contribution in [0.15, 0.2) is 90.0 Å². The van der Waals surface area contributed by atoms with E-state index in [1.807, 2.05) is 0 Å². The minimum absolute atomic E-state index is 0.0435. The van der Waals surface area contributed by atoms with Crippen LogP contribution < -0.4 is 5.32 Å². The van der Waals surface area contributed by atoms with Crippen LogP contribution in [0.1, 0.15) is 86.7 Å². The van der Waals surface area contributed by atoms with Crippen LogP contribution in [0.3, 0.4) is 0 Å². The Hall–Kier alpha value is -5.16. The highest BCUT2D eigenvalue weighted by Gasteiger charge is 2.78. The standard InChI is InChI=1S/C47H49Cl2NO14/c1-23-31(62-43(58)36(54)35(26-13-9-7-10-14-26)50-41(56)27-15-11-8-12-16-27)21-47(59)40(63-42(57)28-17-29(48)19-30(49)18-28)38-45(6,32(53)20-33-46(38,22-60-33)64-25(3)52)39(55)37(61-24(2)51)34(23)44(47,4)5/h7-19,31-33,35-38,40,53-54,59H,20-22H2,1-6H3,(H,50,56)/t31-,32-,33+,35-,36+,37+,38-,40-,45+,46-,47+/m0/s1. The summed E-state index contributed by atoms with van der Waals surface area (Å²) >= 11 is 12.6. The monoisotopic (exact) mass is 921 g/mol. The van der Waals surface area contributed by atoms with Crippen LogP contribution in [0.25, 0.3) is 0 Å². The minimum atomic E-state index is -2.47. The molecule has 15 nitrogen and oxygen atoms in total. The predicted octanol–water partition coefficient (Wildman–Crippen LogP) is 5.04. The summed E-state index contributed by atoms with van der Waals surface area (Å²) in [6.45, 7) is 7.76. The second-order valence-corrected chi connectivity index (χ2v) is 18.5. The van der Waals surface area contributed by atoms with E-state index in [1.54, 1.807) is 60.7 Å². The van der Waals surface area contributed by atoms with Crippen molar-refractivity contribution in [2.75, 3.05) is 6.61 Å². The molecule has 0 unspecified atom stereocenters. The molecule has 3 aromatic carbocycles. The number of hydrogen-bond donors (Lipinski definition) is 4. The Morgan fingerprint density at radius 3 is 2.03 bits per heavy atom. The Labute approximate surface area is 378 Å². The molecule has 0 radical (unpaired) electrons. The van der Waals surface area contributed by atoms with Gasteiger partial charge in [0.05, 0.1) is 35.6 Å². The van der Waals surface area contributed by atoms with Crippen LogP contribution in [0, 0.1) is 16.7 Å². The third-order valence-electron chi connectivity index (χ3n) is 13.6. The lowest BCUT2D eigenvalue weighted by atomic mass is 9.44. The first-order valence-corrected chi connectivity index (χ1v) is 21.4. The van der Waals surface area contributed by atoms with Crippen LogP contribution in [0.5, 0.6) is 0 Å². The van der Waals surface area contributed by atoms with E-state index in [-0.39, 0.29) is 45.3 Å². The second-order valence-electron chi connectivity index (χ2n) is 17.6. The fraction of sp³-hybridized carbons (Fsp3) is 0.447. The van der Waals surface area contributed by atoms with Crippen molar-refractivity contribution in [2.24, 2.45) is 16.7 Å². The van der Waals surface area contributed by atoms with Gasteiger partial charge in [-0.2, -0.15) is 0 Å². The van der Waals surface area contributed by atoms with Crippen molar-refractivity contribution < 1.29 is 67.8 Å². The first-order valence-electron chi connectivity index (χ1n) is 20.7. The van der Waals surface area contributed by atoms with Gasteiger partial charge in [0.2, 0.25) is 0 Å². The summed E-state index contributed by atoms with van der Waals surface area (Å²) in [6.07, 6.45) is -10.9. The molecular weight excluding hydrogens is 873 g/mol. The number of amides is 1. The van der Waals surface area contributed by atoms with Gasteiger partial charge < -0.3 is 44.3 Å². The molecule has 2 bridgehead atoms. The van der Waals surface area contributed by atoms with Gasteiger partial charge in [-0.05, 0) is 60.9 Å². The quantitative estimate of drug-likeness (QED) is 0.119. The number of ketones is 1. The number of fused-ring (bicyclic) bond motifs is 5. The van der Waals surface area contributed by atoms with Crippen molar-refractivity contribution in [3.8, 4) is 0 Å². The van der Waals surface area contributed by atoms with E-state index in [0.29, 0.717) is 5.56 Å². The molecule has 64 heavy (non-hydrogen) atoms. The van der Waals surface area contributed by atoms with Crippen LogP contribution in [-0.4, -0.2) is 105 Å². The SMILES string of the molecule is CC(=O)O[C@H]1C(=O)[C@@]2(C)[C@H]([C@H](OC(=O)c3cc(Cl)cc(Cl)c3)[C@]3(O)C[C@H](OC(=O)[C@H](O)[C@@H](NC(=O)c4ccccc4)c4ccccc4)C(C)=C1C3(C)C)[C@]1(OC(C)=O)CO[C@@H]1C[C@@H]2O. The third kappa shape index (κ3) is 7.89. The Bertz CT molecular complexity index is 2390. The number of aliphatic hydroxyl groups is 3. The number of benzene rings is 3. The number of rotatable bonds is 10. The summed E-state index contributed by atoms with van der Waals surface area (Å²) in [5, 5.41) is 40.5. The van der Waals surface area contributed by atoms with E-state index in [2.05, 4.69) is 5.32 Å². The van der Waals surface area contributed by atoms with Crippen LogP contribution in [-0.2, 0) is 42.9 Å². The molecule has 11 atom stereocenters. The Morgan fingerprint density at radius 2 is 1.47 bits per heavy atom. The number of hydrogen-bond acceptors (Lipinski definition) is 14. The van der Waals surface area contributed by atoms with Crippen molar-refractivity contribution in [3.05, 3.63) is 117 Å². The summed E-state index contributed by atoms with van der Waals surface area (Å²) in [6, 6.07) is 18.9. The summed E-state index contributed by atoms with van der Waals surface area (Å²) in [5.41, 5.74) is -7.61. The first kappa shape index (κ1) is 46.8. The zero-order valence-corrected chi connectivity index (χ0v) is 37.3. The maximum Gasteiger partial charge on any atom is 0.338 e. The van der Waals surface area contributed by atoms with Gasteiger partial charge in [0.25, 0.3) is 5.91 Å². The molecule has 3 fully saturated rings. The molecule has 2 saturated carbocycles. The van der Waals surface area contributed by atoms with Crippen LogP contribution in [0.4, 0.5) is 0 Å². The molecule has 3 aliphatic carbocycles. The van der Waals surface area contributed by atoms with Crippen LogP contribution >= 0.6 is 23.2 Å². The van der Waals surface area contributed by atoms with E-state index in [1.165, 1.54) is 45.9 Å². The summed E-state index contributed by atoms with van der Waals surface area (Å²) < 4.78 is 30.3. The highest BCUT2D eigenvalue weighted by molar-refractivity contribution is 6.35. The normalized spacial score (nSPS) is 31.3. The fourth-order valence-electron chi connectivity index (χ4n) is 10.3. The van der Waals surface area contributed by atoms with Crippen molar-refractivity contribution in [1.29, 1.82) is 0 Å². The van der Waals surface area contributed by atoms with Gasteiger partial charge in [0, 0.05) is 47.7 Å². The molecule has 340 valence electrons. The third-order valence-corrected chi connectivity index (χ3v) is 14.0. The van der Waals surface area contributed by atoms with E-state index < -0.39 is 113 Å². The van der Waals surface area contributed by atoms with E-state index >= 15 is 4.79 Å². The average molecular weight is 923 g/mol. The van der Waals surface area contributed by atoms with Gasteiger partial charge in [-0.25, -0.2) is 9.59 Å². The summed E-state index contributed by atoms with van der Waals surface area (Å²) in [7, 11) is 0. The number of nitrogens with one attached hydrogen (secondary N) is 1. The lowest BCUT2D eigenvalue weighted by Gasteiger charge is -2.67. The minimum Gasteiger partial charge on any atom is -0.456 e.